The maximum atomic E-state index is 11.4. The summed E-state index contributed by atoms with van der Waals surface area (Å²) >= 11 is 0. The fraction of sp³-hybridized carbons (Fsp3) is 0.700. The van der Waals surface area contributed by atoms with E-state index in [1.807, 2.05) is 6.92 Å². The van der Waals surface area contributed by atoms with E-state index < -0.39 is 5.97 Å². The lowest BCUT2D eigenvalue weighted by Gasteiger charge is -2.05. The second kappa shape index (κ2) is 6.97. The van der Waals surface area contributed by atoms with Gasteiger partial charge in [0.05, 0.1) is 39.2 Å². The number of carbonyl (C=O) groups excluding carboxylic acids is 1. The van der Waals surface area contributed by atoms with E-state index in [9.17, 15) is 4.79 Å². The second-order valence-electron chi connectivity index (χ2n) is 3.29. The van der Waals surface area contributed by atoms with Crippen molar-refractivity contribution in [1.29, 1.82) is 0 Å². The Kier molecular flexibility index (Phi) is 5.58. The molecule has 0 saturated carbocycles. The zero-order valence-corrected chi connectivity index (χ0v) is 10.0. The Morgan fingerprint density at radius 1 is 1.47 bits per heavy atom. The zero-order chi connectivity index (χ0) is 12.7. The number of rotatable bonds is 7. The van der Waals surface area contributed by atoms with E-state index in [4.69, 9.17) is 9.84 Å². The largest absolute Gasteiger partial charge is 0.464 e. The minimum atomic E-state index is -0.482. The first-order valence-electron chi connectivity index (χ1n) is 5.43. The molecule has 17 heavy (non-hydrogen) atoms. The number of nitrogens with zero attached hydrogens (tertiary/aromatic N) is 3. The molecule has 0 bridgehead atoms. The molecule has 7 nitrogen and oxygen atoms in total. The molecule has 0 aliphatic carbocycles. The van der Waals surface area contributed by atoms with E-state index in [2.05, 4.69) is 15.0 Å². The summed E-state index contributed by atoms with van der Waals surface area (Å²) in [6.07, 6.45) is 0.636. The number of hydrogen-bond acceptors (Lipinski definition) is 6. The van der Waals surface area contributed by atoms with Crippen molar-refractivity contribution < 1.29 is 19.4 Å². The van der Waals surface area contributed by atoms with E-state index in [0.717, 1.165) is 5.69 Å². The predicted octanol–water partition coefficient (Wildman–Crippen LogP) is -0.364. The van der Waals surface area contributed by atoms with Crippen molar-refractivity contribution >= 4 is 5.97 Å². The average Bonchev–Trinajstić information content (AvgIpc) is 2.76. The Morgan fingerprint density at radius 3 is 2.82 bits per heavy atom. The molecule has 0 radical (unpaired) electrons. The van der Waals surface area contributed by atoms with Gasteiger partial charge in [0.25, 0.3) is 0 Å². The van der Waals surface area contributed by atoms with Crippen molar-refractivity contribution in [2.45, 2.75) is 19.9 Å². The fourth-order valence-corrected chi connectivity index (χ4v) is 1.44. The number of esters is 1. The molecule has 1 heterocycles. The van der Waals surface area contributed by atoms with Crippen LogP contribution in [0.1, 0.15) is 23.1 Å². The molecule has 7 heteroatoms. The highest BCUT2D eigenvalue weighted by molar-refractivity contribution is 5.88. The third kappa shape index (κ3) is 3.50. The van der Waals surface area contributed by atoms with Crippen LogP contribution in [0.3, 0.4) is 0 Å². The lowest BCUT2D eigenvalue weighted by molar-refractivity contribution is 0.0592. The summed E-state index contributed by atoms with van der Waals surface area (Å²) in [5.41, 5.74) is 0.974. The van der Waals surface area contributed by atoms with Crippen LogP contribution < -0.4 is 0 Å². The first-order chi connectivity index (χ1) is 8.24. The highest BCUT2D eigenvalue weighted by Gasteiger charge is 2.18. The summed E-state index contributed by atoms with van der Waals surface area (Å²) in [5, 5.41) is 16.2. The van der Waals surface area contributed by atoms with Crippen LogP contribution in [-0.4, -0.2) is 53.0 Å². The molecule has 0 fully saturated rings. The van der Waals surface area contributed by atoms with Gasteiger partial charge in [-0.05, 0) is 6.42 Å². The Morgan fingerprint density at radius 2 is 2.24 bits per heavy atom. The van der Waals surface area contributed by atoms with Crippen LogP contribution in [0.4, 0.5) is 0 Å². The van der Waals surface area contributed by atoms with Crippen molar-refractivity contribution in [2.75, 3.05) is 26.9 Å². The Balaban J connectivity index is 2.66. The molecule has 1 rings (SSSR count). The van der Waals surface area contributed by atoms with Gasteiger partial charge in [0.15, 0.2) is 5.69 Å². The van der Waals surface area contributed by atoms with Crippen molar-refractivity contribution in [3.05, 3.63) is 11.4 Å². The van der Waals surface area contributed by atoms with Crippen LogP contribution in [0.25, 0.3) is 0 Å². The maximum Gasteiger partial charge on any atom is 0.360 e. The summed E-state index contributed by atoms with van der Waals surface area (Å²) in [6.45, 7) is 3.10. The molecule has 1 N–H and O–H groups in total. The van der Waals surface area contributed by atoms with Gasteiger partial charge in [-0.3, -0.25) is 0 Å². The lowest BCUT2D eigenvalue weighted by Crippen LogP contribution is -2.13. The Hall–Kier alpha value is -1.47. The normalized spacial score (nSPS) is 10.5. The molecule has 0 unspecified atom stereocenters. The summed E-state index contributed by atoms with van der Waals surface area (Å²) in [7, 11) is 1.31. The van der Waals surface area contributed by atoms with Crippen molar-refractivity contribution in [3.63, 3.8) is 0 Å². The van der Waals surface area contributed by atoms with Crippen LogP contribution in [0.2, 0.25) is 0 Å². The van der Waals surface area contributed by atoms with Crippen LogP contribution in [0.15, 0.2) is 0 Å². The molecule has 0 aromatic carbocycles. The molecule has 0 aliphatic rings. The third-order valence-electron chi connectivity index (χ3n) is 2.23. The quantitative estimate of drug-likeness (QED) is 0.519. The van der Waals surface area contributed by atoms with Gasteiger partial charge in [-0.1, -0.05) is 12.1 Å². The van der Waals surface area contributed by atoms with Gasteiger partial charge in [0, 0.05) is 0 Å². The zero-order valence-electron chi connectivity index (χ0n) is 10.0. The fourth-order valence-electron chi connectivity index (χ4n) is 1.44. The molecule has 0 amide bonds. The first kappa shape index (κ1) is 13.6. The van der Waals surface area contributed by atoms with Crippen LogP contribution in [0.5, 0.6) is 0 Å². The smallest absolute Gasteiger partial charge is 0.360 e. The van der Waals surface area contributed by atoms with Crippen molar-refractivity contribution in [1.82, 2.24) is 15.0 Å². The van der Waals surface area contributed by atoms with E-state index >= 15 is 0 Å². The number of carbonyl (C=O) groups is 1. The lowest BCUT2D eigenvalue weighted by atomic mass is 10.2. The topological polar surface area (TPSA) is 86.5 Å². The minimum Gasteiger partial charge on any atom is -0.464 e. The first-order valence-corrected chi connectivity index (χ1v) is 5.43. The van der Waals surface area contributed by atoms with E-state index in [-0.39, 0.29) is 12.3 Å². The number of aromatic nitrogens is 3. The molecule has 1 aromatic rings. The van der Waals surface area contributed by atoms with Gasteiger partial charge in [0.2, 0.25) is 0 Å². The minimum absolute atomic E-state index is 0.00853. The van der Waals surface area contributed by atoms with Gasteiger partial charge >= 0.3 is 5.97 Å². The Bertz CT molecular complexity index is 364. The molecular weight excluding hydrogens is 226 g/mol. The Labute approximate surface area is 99.3 Å². The van der Waals surface area contributed by atoms with Gasteiger partial charge in [0.1, 0.15) is 0 Å². The van der Waals surface area contributed by atoms with E-state index in [1.54, 1.807) is 4.68 Å². The van der Waals surface area contributed by atoms with Gasteiger partial charge in [-0.15, -0.1) is 5.10 Å². The molecule has 1 aromatic heterocycles. The SMILES string of the molecule is CCc1c(C(=O)OC)nnn1CCOCCO. The summed E-state index contributed by atoms with van der Waals surface area (Å²) < 4.78 is 11.4. The van der Waals surface area contributed by atoms with Crippen molar-refractivity contribution in [2.24, 2.45) is 0 Å². The summed E-state index contributed by atoms with van der Waals surface area (Å²) in [4.78, 5) is 11.4. The summed E-state index contributed by atoms with van der Waals surface area (Å²) in [5.74, 6) is -0.482. The van der Waals surface area contributed by atoms with Crippen molar-refractivity contribution in [3.8, 4) is 0 Å². The monoisotopic (exact) mass is 243 g/mol. The number of methoxy groups -OCH3 is 1. The third-order valence-corrected chi connectivity index (χ3v) is 2.23. The number of hydrogen-bond donors (Lipinski definition) is 1. The van der Waals surface area contributed by atoms with Gasteiger partial charge in [-0.25, -0.2) is 9.48 Å². The van der Waals surface area contributed by atoms with Crippen LogP contribution in [-0.2, 0) is 22.4 Å². The highest BCUT2D eigenvalue weighted by atomic mass is 16.5. The van der Waals surface area contributed by atoms with Crippen LogP contribution >= 0.6 is 0 Å². The molecule has 0 saturated heterocycles. The van der Waals surface area contributed by atoms with E-state index in [1.165, 1.54) is 7.11 Å². The molecule has 0 spiro atoms. The predicted molar refractivity (Wildman–Crippen MR) is 58.6 cm³/mol. The standard InChI is InChI=1S/C10H17N3O4/c1-3-8-9(10(15)16-2)11-12-13(8)4-6-17-7-5-14/h14H,3-7H2,1-2H3. The molecule has 0 aliphatic heterocycles. The molecule has 96 valence electrons. The highest BCUT2D eigenvalue weighted by Crippen LogP contribution is 2.07. The maximum absolute atomic E-state index is 11.4. The summed E-state index contributed by atoms with van der Waals surface area (Å²) in [6, 6.07) is 0. The van der Waals surface area contributed by atoms with Crippen LogP contribution in [0, 0.1) is 0 Å². The van der Waals surface area contributed by atoms with Gasteiger partial charge < -0.3 is 14.6 Å². The van der Waals surface area contributed by atoms with Gasteiger partial charge in [-0.2, -0.15) is 0 Å². The molecular formula is C10H17N3O4. The number of ether oxygens (including phenoxy) is 2. The second-order valence-corrected chi connectivity index (χ2v) is 3.29. The number of aliphatic hydroxyl groups is 1. The van der Waals surface area contributed by atoms with E-state index in [0.29, 0.717) is 26.2 Å². The average molecular weight is 243 g/mol. The molecule has 0 atom stereocenters. The number of aliphatic hydroxyl groups excluding tert-OH is 1.